The zero-order chi connectivity index (χ0) is 25.0. The van der Waals surface area contributed by atoms with E-state index < -0.39 is 6.04 Å². The van der Waals surface area contributed by atoms with Crippen LogP contribution in [-0.4, -0.2) is 24.5 Å². The summed E-state index contributed by atoms with van der Waals surface area (Å²) >= 11 is 0. The first-order valence-corrected chi connectivity index (χ1v) is 12.6. The Morgan fingerprint density at radius 3 is 1.89 bits per heavy atom. The molecule has 0 spiro atoms. The van der Waals surface area contributed by atoms with Crippen molar-refractivity contribution >= 4 is 17.6 Å². The molecule has 0 fully saturated rings. The minimum Gasteiger partial charge on any atom is -0.354 e. The molecule has 3 aromatic rings. The van der Waals surface area contributed by atoms with Gasteiger partial charge in [0.25, 0.3) is 0 Å². The minimum atomic E-state index is -0.609. The van der Waals surface area contributed by atoms with Crippen molar-refractivity contribution in [3.63, 3.8) is 0 Å². The predicted molar refractivity (Wildman–Crippen MR) is 144 cm³/mol. The Bertz CT molecular complexity index is 1010. The molecule has 0 aliphatic carbocycles. The number of benzene rings is 3. The van der Waals surface area contributed by atoms with Gasteiger partial charge in [-0.1, -0.05) is 100.0 Å². The standard InChI is InChI=1S/C30H37N3O2/c1-4-22(3)28(33-30(35)32-26-18-16-23(5-2)17-19-26)29(34)31-21-20-27(24-12-8-6-9-13-24)25-14-10-7-11-15-25/h6-19,22,27-28H,4-5,20-21H2,1-3H3,(H,31,34)(H2,32,33,35). The van der Waals surface area contributed by atoms with Crippen molar-refractivity contribution in [3.8, 4) is 0 Å². The van der Waals surface area contributed by atoms with Crippen LogP contribution in [0.25, 0.3) is 0 Å². The minimum absolute atomic E-state index is 0.00209. The third-order valence-corrected chi connectivity index (χ3v) is 6.54. The van der Waals surface area contributed by atoms with E-state index in [9.17, 15) is 9.59 Å². The second kappa shape index (κ2) is 13.3. The van der Waals surface area contributed by atoms with Gasteiger partial charge in [-0.2, -0.15) is 0 Å². The molecule has 0 radical (unpaired) electrons. The Morgan fingerprint density at radius 1 is 0.800 bits per heavy atom. The lowest BCUT2D eigenvalue weighted by molar-refractivity contribution is -0.124. The van der Waals surface area contributed by atoms with Crippen LogP contribution >= 0.6 is 0 Å². The highest BCUT2D eigenvalue weighted by Crippen LogP contribution is 2.27. The fourth-order valence-corrected chi connectivity index (χ4v) is 4.18. The Balaban J connectivity index is 1.61. The molecular formula is C30H37N3O2. The van der Waals surface area contributed by atoms with Gasteiger partial charge in [-0.25, -0.2) is 4.79 Å². The molecule has 0 aliphatic rings. The molecule has 0 saturated heterocycles. The summed E-state index contributed by atoms with van der Waals surface area (Å²) in [5, 5.41) is 8.80. The topological polar surface area (TPSA) is 70.2 Å². The maximum Gasteiger partial charge on any atom is 0.319 e. The molecule has 3 rings (SSSR count). The number of amides is 3. The second-order valence-electron chi connectivity index (χ2n) is 8.97. The van der Waals surface area contributed by atoms with Gasteiger partial charge in [0.1, 0.15) is 6.04 Å². The van der Waals surface area contributed by atoms with E-state index in [-0.39, 0.29) is 23.8 Å². The molecule has 0 aromatic heterocycles. The van der Waals surface area contributed by atoms with Crippen molar-refractivity contribution in [3.05, 3.63) is 102 Å². The lowest BCUT2D eigenvalue weighted by atomic mass is 9.88. The molecule has 5 nitrogen and oxygen atoms in total. The summed E-state index contributed by atoms with van der Waals surface area (Å²) in [6, 6.07) is 27.5. The smallest absolute Gasteiger partial charge is 0.319 e. The van der Waals surface area contributed by atoms with E-state index in [0.717, 1.165) is 19.3 Å². The van der Waals surface area contributed by atoms with E-state index >= 15 is 0 Å². The molecule has 184 valence electrons. The van der Waals surface area contributed by atoms with Crippen molar-refractivity contribution < 1.29 is 9.59 Å². The lowest BCUT2D eigenvalue weighted by Gasteiger charge is -2.24. The predicted octanol–water partition coefficient (Wildman–Crippen LogP) is 6.12. The van der Waals surface area contributed by atoms with Gasteiger partial charge in [-0.3, -0.25) is 4.79 Å². The summed E-state index contributed by atoms with van der Waals surface area (Å²) in [6.07, 6.45) is 2.49. The number of nitrogens with one attached hydrogen (secondary N) is 3. The molecule has 0 heterocycles. The number of anilines is 1. The molecule has 0 aliphatic heterocycles. The highest BCUT2D eigenvalue weighted by Gasteiger charge is 2.26. The van der Waals surface area contributed by atoms with E-state index in [2.05, 4.69) is 47.1 Å². The highest BCUT2D eigenvalue weighted by atomic mass is 16.2. The first-order valence-electron chi connectivity index (χ1n) is 12.6. The number of urea groups is 1. The van der Waals surface area contributed by atoms with E-state index in [0.29, 0.717) is 12.2 Å². The molecule has 0 bridgehead atoms. The van der Waals surface area contributed by atoms with Gasteiger partial charge in [0.05, 0.1) is 0 Å². The molecule has 2 unspecified atom stereocenters. The Hall–Kier alpha value is -3.60. The van der Waals surface area contributed by atoms with Crippen LogP contribution in [0.1, 0.15) is 56.2 Å². The lowest BCUT2D eigenvalue weighted by Crippen LogP contribution is -2.51. The summed E-state index contributed by atoms with van der Waals surface area (Å²) in [5.41, 5.74) is 4.35. The van der Waals surface area contributed by atoms with E-state index in [1.54, 1.807) is 0 Å². The monoisotopic (exact) mass is 471 g/mol. The zero-order valence-corrected chi connectivity index (χ0v) is 21.0. The molecule has 3 N–H and O–H groups in total. The average molecular weight is 472 g/mol. The largest absolute Gasteiger partial charge is 0.354 e. The quantitative estimate of drug-likeness (QED) is 0.315. The second-order valence-corrected chi connectivity index (χ2v) is 8.97. The fraction of sp³-hybridized carbons (Fsp3) is 0.333. The van der Waals surface area contributed by atoms with E-state index in [1.165, 1.54) is 16.7 Å². The van der Waals surface area contributed by atoms with Gasteiger partial charge in [0.15, 0.2) is 0 Å². The van der Waals surface area contributed by atoms with Crippen LogP contribution in [0.2, 0.25) is 0 Å². The van der Waals surface area contributed by atoms with Crippen molar-refractivity contribution in [2.45, 2.75) is 52.0 Å². The van der Waals surface area contributed by atoms with E-state index in [1.807, 2.05) is 74.5 Å². The number of carbonyl (C=O) groups is 2. The number of hydrogen-bond donors (Lipinski definition) is 3. The summed E-state index contributed by atoms with van der Waals surface area (Å²) in [4.78, 5) is 25.8. The van der Waals surface area contributed by atoms with Crippen molar-refractivity contribution in [1.82, 2.24) is 10.6 Å². The molecule has 5 heteroatoms. The highest BCUT2D eigenvalue weighted by molar-refractivity contribution is 5.93. The summed E-state index contributed by atoms with van der Waals surface area (Å²) < 4.78 is 0. The first-order chi connectivity index (χ1) is 17.0. The summed E-state index contributed by atoms with van der Waals surface area (Å²) in [7, 11) is 0. The first kappa shape index (κ1) is 26.0. The molecule has 3 aromatic carbocycles. The van der Waals surface area contributed by atoms with Gasteiger partial charge in [-0.15, -0.1) is 0 Å². The average Bonchev–Trinajstić information content (AvgIpc) is 2.90. The summed E-state index contributed by atoms with van der Waals surface area (Å²) in [6.45, 7) is 6.61. The van der Waals surface area contributed by atoms with Crippen LogP contribution in [0.4, 0.5) is 10.5 Å². The van der Waals surface area contributed by atoms with Crippen molar-refractivity contribution in [2.24, 2.45) is 5.92 Å². The molecule has 0 saturated carbocycles. The van der Waals surface area contributed by atoms with Gasteiger partial charge < -0.3 is 16.0 Å². The van der Waals surface area contributed by atoms with E-state index in [4.69, 9.17) is 0 Å². The van der Waals surface area contributed by atoms with Crippen LogP contribution in [0.15, 0.2) is 84.9 Å². The SMILES string of the molecule is CCc1ccc(NC(=O)NC(C(=O)NCCC(c2ccccc2)c2ccccc2)C(C)CC)cc1. The normalized spacial score (nSPS) is 12.6. The number of carbonyl (C=O) groups excluding carboxylic acids is 2. The molecule has 2 atom stereocenters. The van der Waals surface area contributed by atoms with Crippen molar-refractivity contribution in [2.75, 3.05) is 11.9 Å². The molecule has 35 heavy (non-hydrogen) atoms. The third kappa shape index (κ3) is 7.71. The Kier molecular flexibility index (Phi) is 9.91. The van der Waals surface area contributed by atoms with Gasteiger partial charge in [-0.05, 0) is 47.6 Å². The fourth-order valence-electron chi connectivity index (χ4n) is 4.18. The van der Waals surface area contributed by atoms with Gasteiger partial charge in [0, 0.05) is 18.2 Å². The Morgan fingerprint density at radius 2 is 1.37 bits per heavy atom. The maximum absolute atomic E-state index is 13.1. The van der Waals surface area contributed by atoms with Gasteiger partial charge >= 0.3 is 6.03 Å². The van der Waals surface area contributed by atoms with Crippen LogP contribution in [-0.2, 0) is 11.2 Å². The molecular weight excluding hydrogens is 434 g/mol. The third-order valence-electron chi connectivity index (χ3n) is 6.54. The molecule has 3 amide bonds. The number of hydrogen-bond acceptors (Lipinski definition) is 2. The number of aryl methyl sites for hydroxylation is 1. The zero-order valence-electron chi connectivity index (χ0n) is 21.0. The van der Waals surface area contributed by atoms with Crippen LogP contribution in [0, 0.1) is 5.92 Å². The van der Waals surface area contributed by atoms with Crippen LogP contribution in [0.3, 0.4) is 0 Å². The summed E-state index contributed by atoms with van der Waals surface area (Å²) in [5.74, 6) is 0.0278. The number of rotatable bonds is 11. The van der Waals surface area contributed by atoms with Crippen LogP contribution < -0.4 is 16.0 Å². The van der Waals surface area contributed by atoms with Crippen molar-refractivity contribution in [1.29, 1.82) is 0 Å². The Labute approximate surface area is 209 Å². The van der Waals surface area contributed by atoms with Crippen LogP contribution in [0.5, 0.6) is 0 Å². The maximum atomic E-state index is 13.1. The van der Waals surface area contributed by atoms with Gasteiger partial charge in [0.2, 0.25) is 5.91 Å².